The summed E-state index contributed by atoms with van der Waals surface area (Å²) in [4.78, 5) is 0. The topological polar surface area (TPSA) is 0 Å². The molecule has 0 aliphatic carbocycles. The quantitative estimate of drug-likeness (QED) is 0.135. The molecule has 0 unspecified atom stereocenters. The van der Waals surface area contributed by atoms with Crippen molar-refractivity contribution in [3.8, 4) is 0 Å². The van der Waals surface area contributed by atoms with Gasteiger partial charge in [-0.1, -0.05) is 24.3 Å². The Morgan fingerprint density at radius 2 is 0.800 bits per heavy atom. The molecule has 30 heavy (non-hydrogen) atoms. The lowest BCUT2D eigenvalue weighted by molar-refractivity contribution is -0.138. The second-order valence-electron chi connectivity index (χ2n) is 7.75. The number of halogens is 6. The Hall–Kier alpha value is -3.02. The van der Waals surface area contributed by atoms with Crippen molar-refractivity contribution in [2.24, 2.45) is 0 Å². The van der Waals surface area contributed by atoms with Crippen LogP contribution in [0.2, 0.25) is 0 Å². The molecule has 0 nitrogen and oxygen atoms in total. The molecule has 152 valence electrons. The molecule has 0 bridgehead atoms. The second kappa shape index (κ2) is 5.78. The fraction of sp³-hybridized carbons (Fsp3) is 0.167. The molecule has 0 saturated carbocycles. The molecule has 0 aliphatic rings. The molecule has 0 N–H and O–H groups in total. The Morgan fingerprint density at radius 3 is 1.13 bits per heavy atom. The summed E-state index contributed by atoms with van der Waals surface area (Å²) in [5, 5.41) is 3.75. The lowest BCUT2D eigenvalue weighted by Gasteiger charge is -2.20. The van der Waals surface area contributed by atoms with E-state index < -0.39 is 23.5 Å². The summed E-state index contributed by atoms with van der Waals surface area (Å²) in [5.41, 5.74) is -0.460. The fourth-order valence-corrected chi connectivity index (χ4v) is 4.45. The van der Waals surface area contributed by atoms with E-state index in [1.807, 2.05) is 12.1 Å². The van der Waals surface area contributed by atoms with Crippen molar-refractivity contribution >= 4 is 43.1 Å². The second-order valence-corrected chi connectivity index (χ2v) is 7.75. The summed E-state index contributed by atoms with van der Waals surface area (Å²) in [6.45, 7) is 3.41. The van der Waals surface area contributed by atoms with Crippen LogP contribution >= 0.6 is 0 Å². The molecule has 6 heteroatoms. The van der Waals surface area contributed by atoms with E-state index in [0.29, 0.717) is 32.7 Å². The number of benzene rings is 5. The summed E-state index contributed by atoms with van der Waals surface area (Å²) in [5.74, 6) is 0. The predicted octanol–water partition coefficient (Wildman–Crippen LogP) is 8.39. The van der Waals surface area contributed by atoms with E-state index in [4.69, 9.17) is 0 Å². The van der Waals surface area contributed by atoms with Gasteiger partial charge in [-0.3, -0.25) is 0 Å². The van der Waals surface area contributed by atoms with Gasteiger partial charge in [-0.15, -0.1) is 0 Å². The van der Waals surface area contributed by atoms with Crippen LogP contribution in [0.3, 0.4) is 0 Å². The number of aryl methyl sites for hydroxylation is 2. The van der Waals surface area contributed by atoms with E-state index in [0.717, 1.165) is 35.0 Å². The molecule has 0 heterocycles. The zero-order valence-electron chi connectivity index (χ0n) is 15.9. The highest BCUT2D eigenvalue weighted by Crippen LogP contribution is 2.46. The third kappa shape index (κ3) is 2.56. The van der Waals surface area contributed by atoms with Crippen molar-refractivity contribution in [3.63, 3.8) is 0 Å². The van der Waals surface area contributed by atoms with Gasteiger partial charge in [-0.25, -0.2) is 0 Å². The Kier molecular flexibility index (Phi) is 3.65. The van der Waals surface area contributed by atoms with Crippen molar-refractivity contribution in [2.45, 2.75) is 26.2 Å². The van der Waals surface area contributed by atoms with Gasteiger partial charge in [0.05, 0.1) is 11.1 Å². The van der Waals surface area contributed by atoms with Crippen LogP contribution in [0.15, 0.2) is 48.5 Å². The van der Waals surface area contributed by atoms with Crippen LogP contribution in [-0.4, -0.2) is 0 Å². The third-order valence-electron chi connectivity index (χ3n) is 5.90. The predicted molar refractivity (Wildman–Crippen MR) is 107 cm³/mol. The Bertz CT molecular complexity index is 1360. The lowest BCUT2D eigenvalue weighted by atomic mass is 9.85. The highest BCUT2D eigenvalue weighted by atomic mass is 19.4. The van der Waals surface area contributed by atoms with Crippen LogP contribution in [0.4, 0.5) is 26.3 Å². The third-order valence-corrected chi connectivity index (χ3v) is 5.90. The van der Waals surface area contributed by atoms with Crippen LogP contribution < -0.4 is 0 Å². The van der Waals surface area contributed by atoms with E-state index in [9.17, 15) is 26.3 Å². The van der Waals surface area contributed by atoms with Gasteiger partial charge < -0.3 is 0 Å². The van der Waals surface area contributed by atoms with Crippen LogP contribution in [0.5, 0.6) is 0 Å². The molecular weight excluding hydrogens is 402 g/mol. The average Bonchev–Trinajstić information content (AvgIpc) is 2.66. The standard InChI is InChI=1S/C24H14F6/c1-11-3-5-15-16-6-4-12(2)18-8-14(24(28,29)30)10-20(22(16)18)19-9-13(23(25,26)27)7-17(11)21(15)19/h3-10H,1-2H3. The molecule has 5 rings (SSSR count). The Labute approximate surface area is 167 Å². The van der Waals surface area contributed by atoms with E-state index in [2.05, 4.69) is 0 Å². The number of hydrogen-bond donors (Lipinski definition) is 0. The molecule has 0 spiro atoms. The van der Waals surface area contributed by atoms with Crippen molar-refractivity contribution < 1.29 is 26.3 Å². The SMILES string of the molecule is Cc1ccc2c3ccc(C)c4cc(C(F)(F)F)cc(c5cc(C(F)(F)F)cc1c25)c43. The summed E-state index contributed by atoms with van der Waals surface area (Å²) < 4.78 is 81.7. The van der Waals surface area contributed by atoms with E-state index in [1.54, 1.807) is 26.0 Å². The summed E-state index contributed by atoms with van der Waals surface area (Å²) >= 11 is 0. The first-order valence-corrected chi connectivity index (χ1v) is 9.26. The molecule has 0 amide bonds. The Balaban J connectivity index is 2.15. The maximum atomic E-state index is 13.6. The van der Waals surface area contributed by atoms with Crippen molar-refractivity contribution in [3.05, 3.63) is 70.8 Å². The smallest absolute Gasteiger partial charge is 0.166 e. The number of hydrogen-bond acceptors (Lipinski definition) is 0. The van der Waals surface area contributed by atoms with E-state index >= 15 is 0 Å². The number of rotatable bonds is 0. The fourth-order valence-electron chi connectivity index (χ4n) is 4.45. The average molecular weight is 416 g/mol. The van der Waals surface area contributed by atoms with Gasteiger partial charge in [0.1, 0.15) is 0 Å². The van der Waals surface area contributed by atoms with Gasteiger partial charge in [0.2, 0.25) is 0 Å². The van der Waals surface area contributed by atoms with Gasteiger partial charge in [-0.05, 0) is 92.3 Å². The van der Waals surface area contributed by atoms with Crippen molar-refractivity contribution in [2.75, 3.05) is 0 Å². The van der Waals surface area contributed by atoms with Crippen molar-refractivity contribution in [1.29, 1.82) is 0 Å². The van der Waals surface area contributed by atoms with Crippen LogP contribution in [0, 0.1) is 13.8 Å². The Morgan fingerprint density at radius 1 is 0.467 bits per heavy atom. The monoisotopic (exact) mass is 416 g/mol. The number of fused-ring (bicyclic) bond motifs is 2. The zero-order chi connectivity index (χ0) is 21.6. The molecule has 0 saturated heterocycles. The van der Waals surface area contributed by atoms with Gasteiger partial charge in [0, 0.05) is 0 Å². The zero-order valence-corrected chi connectivity index (χ0v) is 15.9. The lowest BCUT2D eigenvalue weighted by Crippen LogP contribution is -2.07. The minimum absolute atomic E-state index is 0.188. The summed E-state index contributed by atoms with van der Waals surface area (Å²) in [6.07, 6.45) is -9.22. The molecule has 0 aromatic heterocycles. The van der Waals surface area contributed by atoms with Gasteiger partial charge >= 0.3 is 12.4 Å². The summed E-state index contributed by atoms with van der Waals surface area (Å²) in [7, 11) is 0. The van der Waals surface area contributed by atoms with Gasteiger partial charge in [0.15, 0.2) is 0 Å². The molecule has 0 fully saturated rings. The van der Waals surface area contributed by atoms with Crippen molar-refractivity contribution in [1.82, 2.24) is 0 Å². The minimum atomic E-state index is -4.61. The van der Waals surface area contributed by atoms with E-state index in [-0.39, 0.29) is 10.8 Å². The summed E-state index contributed by atoms with van der Waals surface area (Å²) in [6, 6.07) is 11.3. The number of alkyl halides is 6. The molecule has 0 atom stereocenters. The first-order chi connectivity index (χ1) is 14.0. The largest absolute Gasteiger partial charge is 0.416 e. The molecule has 0 radical (unpaired) electrons. The molecule has 0 aliphatic heterocycles. The molecule has 5 aromatic rings. The highest BCUT2D eigenvalue weighted by molar-refractivity contribution is 6.33. The maximum absolute atomic E-state index is 13.6. The van der Waals surface area contributed by atoms with E-state index in [1.165, 1.54) is 0 Å². The van der Waals surface area contributed by atoms with Gasteiger partial charge in [0.25, 0.3) is 0 Å². The van der Waals surface area contributed by atoms with Crippen LogP contribution in [0.1, 0.15) is 22.3 Å². The van der Waals surface area contributed by atoms with Crippen LogP contribution in [0.25, 0.3) is 43.1 Å². The first kappa shape index (κ1) is 19.0. The first-order valence-electron chi connectivity index (χ1n) is 9.26. The molecular formula is C24H14F6. The molecule has 5 aromatic carbocycles. The van der Waals surface area contributed by atoms with Gasteiger partial charge in [-0.2, -0.15) is 26.3 Å². The normalized spacial score (nSPS) is 13.3. The van der Waals surface area contributed by atoms with Crippen LogP contribution in [-0.2, 0) is 12.4 Å². The minimum Gasteiger partial charge on any atom is -0.166 e. The highest BCUT2D eigenvalue weighted by Gasteiger charge is 2.34. The maximum Gasteiger partial charge on any atom is 0.416 e.